The lowest BCUT2D eigenvalue weighted by Gasteiger charge is -2.47. The van der Waals surface area contributed by atoms with Crippen molar-refractivity contribution in [3.63, 3.8) is 0 Å². The SMILES string of the molecule is Cc1ccc(N2CCC3(CCN(C(=O)c4cc(Cc5n[nH]c(=O)c6ccccc56)ccc4F)CC3)CC2)cc1. The Hall–Kier alpha value is -4.00. The van der Waals surface area contributed by atoms with Crippen LogP contribution in [0.25, 0.3) is 10.8 Å². The van der Waals surface area contributed by atoms with E-state index in [1.165, 1.54) is 17.3 Å². The van der Waals surface area contributed by atoms with Crippen LogP contribution in [0.4, 0.5) is 10.1 Å². The van der Waals surface area contributed by atoms with E-state index >= 15 is 0 Å². The van der Waals surface area contributed by atoms with Crippen molar-refractivity contribution in [2.24, 2.45) is 5.41 Å². The summed E-state index contributed by atoms with van der Waals surface area (Å²) >= 11 is 0. The van der Waals surface area contributed by atoms with Crippen molar-refractivity contribution in [1.29, 1.82) is 0 Å². The van der Waals surface area contributed by atoms with Crippen LogP contribution in [0, 0.1) is 18.2 Å². The molecule has 6 nitrogen and oxygen atoms in total. The highest BCUT2D eigenvalue weighted by Gasteiger charge is 2.39. The smallest absolute Gasteiger partial charge is 0.272 e. The number of likely N-dealkylation sites (tertiary alicyclic amines) is 1. The summed E-state index contributed by atoms with van der Waals surface area (Å²) in [6.07, 6.45) is 4.53. The van der Waals surface area contributed by atoms with E-state index in [1.807, 2.05) is 23.1 Å². The van der Waals surface area contributed by atoms with Crippen LogP contribution in [0.5, 0.6) is 0 Å². The van der Waals surface area contributed by atoms with Crippen LogP contribution in [-0.2, 0) is 6.42 Å². The van der Waals surface area contributed by atoms with Gasteiger partial charge in [0.2, 0.25) is 0 Å². The molecule has 1 aromatic heterocycles. The Morgan fingerprint density at radius 2 is 1.59 bits per heavy atom. The summed E-state index contributed by atoms with van der Waals surface area (Å²) in [5, 5.41) is 8.10. The minimum atomic E-state index is -0.505. The maximum absolute atomic E-state index is 14.9. The Bertz CT molecular complexity index is 1560. The number of carbonyl (C=O) groups excluding carboxylic acids is 1. The van der Waals surface area contributed by atoms with E-state index in [0.717, 1.165) is 49.7 Å². The number of carbonyl (C=O) groups is 1. The Morgan fingerprint density at radius 3 is 2.31 bits per heavy atom. The Labute approximate surface area is 227 Å². The summed E-state index contributed by atoms with van der Waals surface area (Å²) in [6.45, 7) is 5.47. The fourth-order valence-electron chi connectivity index (χ4n) is 6.20. The number of anilines is 1. The van der Waals surface area contributed by atoms with Crippen LogP contribution in [0.1, 0.15) is 52.9 Å². The number of rotatable bonds is 4. The molecule has 0 saturated carbocycles. The quantitative estimate of drug-likeness (QED) is 0.384. The summed E-state index contributed by atoms with van der Waals surface area (Å²) < 4.78 is 14.9. The highest BCUT2D eigenvalue weighted by Crippen LogP contribution is 2.42. The van der Waals surface area contributed by atoms with Gasteiger partial charge in [-0.15, -0.1) is 0 Å². The van der Waals surface area contributed by atoms with Gasteiger partial charge >= 0.3 is 0 Å². The molecule has 2 aliphatic heterocycles. The number of amides is 1. The van der Waals surface area contributed by atoms with Crippen molar-refractivity contribution in [2.75, 3.05) is 31.1 Å². The van der Waals surface area contributed by atoms with Gasteiger partial charge in [-0.1, -0.05) is 42.0 Å². The Balaban J connectivity index is 1.12. The monoisotopic (exact) mass is 524 g/mol. The van der Waals surface area contributed by atoms with Crippen LogP contribution in [0.15, 0.2) is 71.5 Å². The molecular formula is C32H33FN4O2. The first-order valence-electron chi connectivity index (χ1n) is 13.8. The van der Waals surface area contributed by atoms with E-state index in [0.29, 0.717) is 30.6 Å². The zero-order valence-electron chi connectivity index (χ0n) is 22.3. The third-order valence-corrected chi connectivity index (χ3v) is 8.74. The molecule has 7 heteroatoms. The number of benzene rings is 3. The average Bonchev–Trinajstić information content (AvgIpc) is 2.97. The summed E-state index contributed by atoms with van der Waals surface area (Å²) in [5.74, 6) is -0.754. The molecule has 6 rings (SSSR count). The second-order valence-corrected chi connectivity index (χ2v) is 11.2. The van der Waals surface area contributed by atoms with Gasteiger partial charge in [0, 0.05) is 43.7 Å². The average molecular weight is 525 g/mol. The van der Waals surface area contributed by atoms with Crippen molar-refractivity contribution in [3.05, 3.63) is 105 Å². The fourth-order valence-corrected chi connectivity index (χ4v) is 6.20. The van der Waals surface area contributed by atoms with Gasteiger partial charge in [-0.2, -0.15) is 5.10 Å². The first kappa shape index (κ1) is 25.3. The van der Waals surface area contributed by atoms with Gasteiger partial charge < -0.3 is 9.80 Å². The molecule has 1 amide bonds. The van der Waals surface area contributed by atoms with Crippen LogP contribution < -0.4 is 10.5 Å². The minimum Gasteiger partial charge on any atom is -0.371 e. The Morgan fingerprint density at radius 1 is 0.923 bits per heavy atom. The van der Waals surface area contributed by atoms with Gasteiger partial charge in [0.1, 0.15) is 5.82 Å². The normalized spacial score (nSPS) is 17.1. The van der Waals surface area contributed by atoms with E-state index in [9.17, 15) is 14.0 Å². The van der Waals surface area contributed by atoms with Gasteiger partial charge in [-0.25, -0.2) is 9.49 Å². The van der Waals surface area contributed by atoms with Crippen LogP contribution >= 0.6 is 0 Å². The summed E-state index contributed by atoms with van der Waals surface area (Å²) in [4.78, 5) is 29.8. The van der Waals surface area contributed by atoms with Gasteiger partial charge in [0.15, 0.2) is 0 Å². The number of aromatic nitrogens is 2. The summed E-state index contributed by atoms with van der Waals surface area (Å²) in [6, 6.07) is 20.7. The third kappa shape index (κ3) is 5.05. The summed E-state index contributed by atoms with van der Waals surface area (Å²) in [5.41, 5.74) is 4.14. The van der Waals surface area contributed by atoms with Crippen molar-refractivity contribution >= 4 is 22.4 Å². The van der Waals surface area contributed by atoms with E-state index in [1.54, 1.807) is 18.2 Å². The molecule has 3 heterocycles. The molecule has 2 saturated heterocycles. The van der Waals surface area contributed by atoms with E-state index in [2.05, 4.69) is 46.3 Å². The largest absolute Gasteiger partial charge is 0.371 e. The number of nitrogens with zero attached hydrogens (tertiary/aromatic N) is 3. The van der Waals surface area contributed by atoms with E-state index in [-0.39, 0.29) is 22.4 Å². The van der Waals surface area contributed by atoms with E-state index in [4.69, 9.17) is 0 Å². The van der Waals surface area contributed by atoms with Gasteiger partial charge in [0.25, 0.3) is 11.5 Å². The number of hydrogen-bond donors (Lipinski definition) is 1. The number of piperidine rings is 2. The molecular weight excluding hydrogens is 491 g/mol. The maximum atomic E-state index is 14.9. The zero-order valence-corrected chi connectivity index (χ0v) is 22.3. The molecule has 3 aromatic carbocycles. The number of nitrogens with one attached hydrogen (secondary N) is 1. The minimum absolute atomic E-state index is 0.103. The van der Waals surface area contributed by atoms with E-state index < -0.39 is 5.82 Å². The second kappa shape index (κ2) is 10.3. The molecule has 39 heavy (non-hydrogen) atoms. The molecule has 2 fully saturated rings. The van der Waals surface area contributed by atoms with Crippen molar-refractivity contribution in [2.45, 2.75) is 39.0 Å². The van der Waals surface area contributed by atoms with Crippen LogP contribution in [0.2, 0.25) is 0 Å². The molecule has 2 aliphatic rings. The molecule has 0 radical (unpaired) electrons. The van der Waals surface area contributed by atoms with Crippen LogP contribution in [0.3, 0.4) is 0 Å². The number of H-pyrrole nitrogens is 1. The lowest BCUT2D eigenvalue weighted by atomic mass is 9.71. The zero-order chi connectivity index (χ0) is 27.0. The first-order chi connectivity index (χ1) is 18.9. The number of fused-ring (bicyclic) bond motifs is 1. The first-order valence-corrected chi connectivity index (χ1v) is 13.8. The highest BCUT2D eigenvalue weighted by atomic mass is 19.1. The second-order valence-electron chi connectivity index (χ2n) is 11.2. The molecule has 0 unspecified atom stereocenters. The number of aromatic amines is 1. The third-order valence-electron chi connectivity index (χ3n) is 8.74. The van der Waals surface area contributed by atoms with Gasteiger partial charge in [-0.3, -0.25) is 9.59 Å². The molecule has 0 bridgehead atoms. The molecule has 0 atom stereocenters. The van der Waals surface area contributed by atoms with Crippen molar-refractivity contribution in [3.8, 4) is 0 Å². The molecule has 1 N–H and O–H groups in total. The molecule has 200 valence electrons. The number of hydrogen-bond acceptors (Lipinski definition) is 4. The molecule has 1 spiro atoms. The number of aryl methyl sites for hydroxylation is 1. The highest BCUT2D eigenvalue weighted by molar-refractivity contribution is 5.95. The molecule has 0 aliphatic carbocycles. The fraction of sp³-hybridized carbons (Fsp3) is 0.344. The predicted octanol–water partition coefficient (Wildman–Crippen LogP) is 5.48. The lowest BCUT2D eigenvalue weighted by Crippen LogP contribution is -2.48. The Kier molecular flexibility index (Phi) is 6.67. The standard InChI is InChI=1S/C32H33FN4O2/c1-22-6-9-24(10-7-22)36-16-12-32(13-17-36)14-18-37(19-15-32)31(39)27-20-23(8-11-28(27)33)21-29-25-4-2-3-5-26(25)30(38)35-34-29/h2-11,20H,12-19,21H2,1H3,(H,35,38). The lowest BCUT2D eigenvalue weighted by molar-refractivity contribution is 0.0511. The predicted molar refractivity (Wildman–Crippen MR) is 152 cm³/mol. The van der Waals surface area contributed by atoms with Crippen LogP contribution in [-0.4, -0.2) is 47.2 Å². The number of halogens is 1. The van der Waals surface area contributed by atoms with Gasteiger partial charge in [-0.05, 0) is 73.9 Å². The topological polar surface area (TPSA) is 69.3 Å². The van der Waals surface area contributed by atoms with Gasteiger partial charge in [0.05, 0.1) is 16.6 Å². The van der Waals surface area contributed by atoms with Crippen molar-refractivity contribution < 1.29 is 9.18 Å². The molecule has 4 aromatic rings. The summed E-state index contributed by atoms with van der Waals surface area (Å²) in [7, 11) is 0. The maximum Gasteiger partial charge on any atom is 0.272 e. The van der Waals surface area contributed by atoms with Crippen molar-refractivity contribution in [1.82, 2.24) is 15.1 Å².